The van der Waals surface area contributed by atoms with Gasteiger partial charge in [-0.05, 0) is 30.7 Å². The number of anilines is 1. The minimum Gasteiger partial charge on any atom is -0.351 e. The standard InChI is InChI=1S/C11H17N3/c1-11(2)5-4-9(8-11)14-10-12-6-3-7-13-10/h3,6-7,9H,4-5,8H2,1-2H3,(H,12,13,14). The van der Waals surface area contributed by atoms with Gasteiger partial charge < -0.3 is 5.32 Å². The van der Waals surface area contributed by atoms with Gasteiger partial charge in [0.25, 0.3) is 0 Å². The van der Waals surface area contributed by atoms with Gasteiger partial charge in [0, 0.05) is 18.4 Å². The number of rotatable bonds is 2. The Balaban J connectivity index is 1.94. The second kappa shape index (κ2) is 3.56. The van der Waals surface area contributed by atoms with Crippen molar-refractivity contribution in [2.75, 3.05) is 5.32 Å². The van der Waals surface area contributed by atoms with E-state index in [-0.39, 0.29) is 0 Å². The second-order valence-electron chi connectivity index (χ2n) is 4.82. The van der Waals surface area contributed by atoms with E-state index in [4.69, 9.17) is 0 Å². The van der Waals surface area contributed by atoms with Gasteiger partial charge in [0.15, 0.2) is 0 Å². The molecular weight excluding hydrogens is 174 g/mol. The second-order valence-corrected chi connectivity index (χ2v) is 4.82. The van der Waals surface area contributed by atoms with E-state index in [1.807, 2.05) is 6.07 Å². The minimum absolute atomic E-state index is 0.479. The van der Waals surface area contributed by atoms with E-state index < -0.39 is 0 Å². The molecule has 1 saturated carbocycles. The molecule has 0 aliphatic heterocycles. The number of aromatic nitrogens is 2. The first-order valence-electron chi connectivity index (χ1n) is 5.19. The largest absolute Gasteiger partial charge is 0.351 e. The third-order valence-corrected chi connectivity index (χ3v) is 2.87. The molecule has 0 saturated heterocycles. The maximum absolute atomic E-state index is 4.17. The molecule has 2 rings (SSSR count). The van der Waals surface area contributed by atoms with Crippen LogP contribution >= 0.6 is 0 Å². The third-order valence-electron chi connectivity index (χ3n) is 2.87. The molecule has 1 aliphatic carbocycles. The number of hydrogen-bond acceptors (Lipinski definition) is 3. The van der Waals surface area contributed by atoms with Crippen LogP contribution in [0.3, 0.4) is 0 Å². The van der Waals surface area contributed by atoms with Gasteiger partial charge in [-0.3, -0.25) is 0 Å². The Kier molecular flexibility index (Phi) is 2.40. The van der Waals surface area contributed by atoms with Crippen LogP contribution in [0.15, 0.2) is 18.5 Å². The lowest BCUT2D eigenvalue weighted by Crippen LogP contribution is -2.18. The van der Waals surface area contributed by atoms with Gasteiger partial charge in [-0.2, -0.15) is 0 Å². The van der Waals surface area contributed by atoms with Crippen molar-refractivity contribution in [1.29, 1.82) is 0 Å². The van der Waals surface area contributed by atoms with E-state index in [0.717, 1.165) is 5.95 Å². The Hall–Kier alpha value is -1.12. The molecule has 1 aliphatic rings. The highest BCUT2D eigenvalue weighted by Gasteiger charge is 2.30. The van der Waals surface area contributed by atoms with Gasteiger partial charge in [0.2, 0.25) is 5.95 Å². The van der Waals surface area contributed by atoms with Crippen molar-refractivity contribution in [1.82, 2.24) is 9.97 Å². The van der Waals surface area contributed by atoms with Gasteiger partial charge in [-0.25, -0.2) is 9.97 Å². The van der Waals surface area contributed by atoms with Gasteiger partial charge in [0.1, 0.15) is 0 Å². The molecule has 1 heterocycles. The normalized spacial score (nSPS) is 24.9. The molecule has 0 amide bonds. The number of nitrogens with one attached hydrogen (secondary N) is 1. The summed E-state index contributed by atoms with van der Waals surface area (Å²) in [4.78, 5) is 8.34. The third kappa shape index (κ3) is 2.22. The smallest absolute Gasteiger partial charge is 0.222 e. The number of hydrogen-bond donors (Lipinski definition) is 1. The summed E-state index contributed by atoms with van der Waals surface area (Å²) in [5, 5.41) is 3.37. The van der Waals surface area contributed by atoms with Crippen molar-refractivity contribution in [3.05, 3.63) is 18.5 Å². The highest BCUT2D eigenvalue weighted by Crippen LogP contribution is 2.37. The van der Waals surface area contributed by atoms with E-state index in [1.165, 1.54) is 19.3 Å². The van der Waals surface area contributed by atoms with Crippen LogP contribution in [-0.2, 0) is 0 Å². The molecule has 0 spiro atoms. The van der Waals surface area contributed by atoms with Crippen LogP contribution in [0.2, 0.25) is 0 Å². The van der Waals surface area contributed by atoms with Crippen LogP contribution in [0.5, 0.6) is 0 Å². The van der Waals surface area contributed by atoms with E-state index in [0.29, 0.717) is 11.5 Å². The average molecular weight is 191 g/mol. The summed E-state index contributed by atoms with van der Waals surface area (Å²) in [6, 6.07) is 2.39. The van der Waals surface area contributed by atoms with Crippen molar-refractivity contribution < 1.29 is 0 Å². The lowest BCUT2D eigenvalue weighted by Gasteiger charge is -2.17. The molecule has 3 heteroatoms. The summed E-state index contributed by atoms with van der Waals surface area (Å²) in [7, 11) is 0. The molecule has 1 fully saturated rings. The lowest BCUT2D eigenvalue weighted by atomic mass is 9.92. The first-order chi connectivity index (χ1) is 6.66. The zero-order chi connectivity index (χ0) is 10.0. The van der Waals surface area contributed by atoms with Crippen LogP contribution < -0.4 is 5.32 Å². The molecule has 76 valence electrons. The van der Waals surface area contributed by atoms with Crippen LogP contribution in [-0.4, -0.2) is 16.0 Å². The van der Waals surface area contributed by atoms with Crippen LogP contribution in [0, 0.1) is 5.41 Å². The quantitative estimate of drug-likeness (QED) is 0.780. The summed E-state index contributed by atoms with van der Waals surface area (Å²) in [5.41, 5.74) is 0.479. The van der Waals surface area contributed by atoms with Crippen LogP contribution in [0.25, 0.3) is 0 Å². The molecule has 0 radical (unpaired) electrons. The average Bonchev–Trinajstić information content (AvgIpc) is 2.47. The Morgan fingerprint density at radius 1 is 1.36 bits per heavy atom. The van der Waals surface area contributed by atoms with Crippen molar-refractivity contribution in [2.24, 2.45) is 5.41 Å². The fourth-order valence-electron chi connectivity index (χ4n) is 2.12. The summed E-state index contributed by atoms with van der Waals surface area (Å²) in [5.74, 6) is 0.759. The predicted molar refractivity (Wildman–Crippen MR) is 57.1 cm³/mol. The zero-order valence-electron chi connectivity index (χ0n) is 8.83. The highest BCUT2D eigenvalue weighted by atomic mass is 15.1. The summed E-state index contributed by atoms with van der Waals surface area (Å²) >= 11 is 0. The Morgan fingerprint density at radius 3 is 2.64 bits per heavy atom. The molecule has 1 atom stereocenters. The Morgan fingerprint density at radius 2 is 2.07 bits per heavy atom. The molecule has 0 bridgehead atoms. The molecule has 1 N–H and O–H groups in total. The summed E-state index contributed by atoms with van der Waals surface area (Å²) in [6.07, 6.45) is 7.28. The van der Waals surface area contributed by atoms with E-state index in [1.54, 1.807) is 12.4 Å². The van der Waals surface area contributed by atoms with E-state index >= 15 is 0 Å². The van der Waals surface area contributed by atoms with Gasteiger partial charge >= 0.3 is 0 Å². The van der Waals surface area contributed by atoms with Gasteiger partial charge in [0.05, 0.1) is 0 Å². The molecule has 1 aromatic heterocycles. The summed E-state index contributed by atoms with van der Waals surface area (Å²) in [6.45, 7) is 4.64. The fraction of sp³-hybridized carbons (Fsp3) is 0.636. The first kappa shape index (κ1) is 9.44. The van der Waals surface area contributed by atoms with Crippen molar-refractivity contribution in [3.8, 4) is 0 Å². The monoisotopic (exact) mass is 191 g/mol. The molecular formula is C11H17N3. The van der Waals surface area contributed by atoms with Crippen LogP contribution in [0.4, 0.5) is 5.95 Å². The summed E-state index contributed by atoms with van der Waals surface area (Å²) < 4.78 is 0. The Bertz CT molecular complexity index is 295. The van der Waals surface area contributed by atoms with Gasteiger partial charge in [-0.1, -0.05) is 13.8 Å². The highest BCUT2D eigenvalue weighted by molar-refractivity contribution is 5.25. The first-order valence-corrected chi connectivity index (χ1v) is 5.19. The lowest BCUT2D eigenvalue weighted by molar-refractivity contribution is 0.378. The fourth-order valence-corrected chi connectivity index (χ4v) is 2.12. The molecule has 1 unspecified atom stereocenters. The van der Waals surface area contributed by atoms with Crippen molar-refractivity contribution >= 4 is 5.95 Å². The maximum Gasteiger partial charge on any atom is 0.222 e. The zero-order valence-corrected chi connectivity index (χ0v) is 8.83. The van der Waals surface area contributed by atoms with Crippen LogP contribution in [0.1, 0.15) is 33.1 Å². The van der Waals surface area contributed by atoms with Crippen molar-refractivity contribution in [2.45, 2.75) is 39.2 Å². The number of nitrogens with zero attached hydrogens (tertiary/aromatic N) is 2. The minimum atomic E-state index is 0.479. The molecule has 1 aromatic rings. The van der Waals surface area contributed by atoms with Crippen molar-refractivity contribution in [3.63, 3.8) is 0 Å². The molecule has 0 aromatic carbocycles. The molecule has 14 heavy (non-hydrogen) atoms. The maximum atomic E-state index is 4.17. The topological polar surface area (TPSA) is 37.8 Å². The van der Waals surface area contributed by atoms with E-state index in [9.17, 15) is 0 Å². The Labute approximate surface area is 85.0 Å². The molecule has 3 nitrogen and oxygen atoms in total. The van der Waals surface area contributed by atoms with Gasteiger partial charge in [-0.15, -0.1) is 0 Å². The van der Waals surface area contributed by atoms with E-state index in [2.05, 4.69) is 29.1 Å². The predicted octanol–water partition coefficient (Wildman–Crippen LogP) is 2.47. The SMILES string of the molecule is CC1(C)CCC(Nc2ncccn2)C1.